The van der Waals surface area contributed by atoms with Crippen molar-refractivity contribution in [2.45, 2.75) is 50.9 Å². The van der Waals surface area contributed by atoms with E-state index in [0.717, 1.165) is 73.3 Å². The van der Waals surface area contributed by atoms with Gasteiger partial charge in [0.15, 0.2) is 5.78 Å². The number of hydrogen-bond acceptors (Lipinski definition) is 6. The molecule has 180 valence electrons. The number of pyridine rings is 1. The fourth-order valence-corrected chi connectivity index (χ4v) is 5.44. The van der Waals surface area contributed by atoms with Crippen molar-refractivity contribution in [3.63, 3.8) is 0 Å². The summed E-state index contributed by atoms with van der Waals surface area (Å²) in [4.78, 5) is 30.5. The van der Waals surface area contributed by atoms with Crippen molar-refractivity contribution in [3.8, 4) is 11.6 Å². The lowest BCUT2D eigenvalue weighted by Crippen LogP contribution is -2.36. The van der Waals surface area contributed by atoms with E-state index >= 15 is 0 Å². The minimum absolute atomic E-state index is 0.0402. The second-order valence-electron chi connectivity index (χ2n) is 9.81. The lowest BCUT2D eigenvalue weighted by molar-refractivity contribution is -0.137. The summed E-state index contributed by atoms with van der Waals surface area (Å²) in [7, 11) is 1.67. The summed E-state index contributed by atoms with van der Waals surface area (Å²) in [5.41, 5.74) is 4.00. The SMILES string of the molecule is COc1cc2c(c(N3CCC(COc4cc(C(CC(=O)O)C5CC5)ccn4)CC3)c1)C(=O)CC2. The highest BCUT2D eigenvalue weighted by Crippen LogP contribution is 2.45. The number of benzene rings is 1. The van der Waals surface area contributed by atoms with Crippen LogP contribution in [0.4, 0.5) is 5.69 Å². The lowest BCUT2D eigenvalue weighted by atomic mass is 9.92. The van der Waals surface area contributed by atoms with Gasteiger partial charge < -0.3 is 19.5 Å². The molecule has 7 heteroatoms. The first-order valence-electron chi connectivity index (χ1n) is 12.3. The summed E-state index contributed by atoms with van der Waals surface area (Å²) in [6, 6.07) is 7.84. The summed E-state index contributed by atoms with van der Waals surface area (Å²) >= 11 is 0. The van der Waals surface area contributed by atoms with E-state index in [-0.39, 0.29) is 18.1 Å². The van der Waals surface area contributed by atoms with Crippen LogP contribution in [0.1, 0.15) is 65.9 Å². The standard InChI is InChI=1S/C27H32N2O5/c1-33-21-12-20-4-5-24(30)27(20)23(14-21)29-10-7-17(8-11-29)16-34-25-13-19(6-9-28-25)22(15-26(31)32)18-2-3-18/h6,9,12-14,17-18,22H,2-5,7-8,10-11,15-16H2,1H3,(H,31,32). The second-order valence-corrected chi connectivity index (χ2v) is 9.81. The van der Waals surface area contributed by atoms with Crippen LogP contribution in [0, 0.1) is 11.8 Å². The third-order valence-electron chi connectivity index (χ3n) is 7.50. The Morgan fingerprint density at radius 1 is 1.18 bits per heavy atom. The average molecular weight is 465 g/mol. The zero-order valence-electron chi connectivity index (χ0n) is 19.7. The molecular weight excluding hydrogens is 432 g/mol. The fraction of sp³-hybridized carbons (Fsp3) is 0.519. The molecule has 0 amide bonds. The Morgan fingerprint density at radius 2 is 1.97 bits per heavy atom. The van der Waals surface area contributed by atoms with E-state index in [1.165, 1.54) is 0 Å². The van der Waals surface area contributed by atoms with Gasteiger partial charge in [0, 0.05) is 43.4 Å². The number of anilines is 1. The normalized spacial score (nSPS) is 19.1. The number of aliphatic carboxylic acids is 1. The molecule has 0 bridgehead atoms. The van der Waals surface area contributed by atoms with Crippen LogP contribution in [0.15, 0.2) is 30.5 Å². The van der Waals surface area contributed by atoms with Crippen LogP contribution in [-0.4, -0.2) is 48.6 Å². The van der Waals surface area contributed by atoms with Gasteiger partial charge in [-0.3, -0.25) is 9.59 Å². The van der Waals surface area contributed by atoms with Gasteiger partial charge in [0.05, 0.1) is 25.8 Å². The number of hydrogen-bond donors (Lipinski definition) is 1. The summed E-state index contributed by atoms with van der Waals surface area (Å²) in [6.07, 6.45) is 7.40. The summed E-state index contributed by atoms with van der Waals surface area (Å²) in [5, 5.41) is 9.29. The summed E-state index contributed by atoms with van der Waals surface area (Å²) in [6.45, 7) is 2.33. The Balaban J connectivity index is 1.19. The third-order valence-corrected chi connectivity index (χ3v) is 7.50. The molecule has 1 aliphatic heterocycles. The van der Waals surface area contributed by atoms with Crippen LogP contribution in [0.5, 0.6) is 11.6 Å². The molecule has 1 saturated carbocycles. The van der Waals surface area contributed by atoms with E-state index in [0.29, 0.717) is 30.7 Å². The Hall–Kier alpha value is -3.09. The summed E-state index contributed by atoms with van der Waals surface area (Å²) < 4.78 is 11.5. The molecule has 2 aliphatic carbocycles. The zero-order chi connectivity index (χ0) is 23.7. The zero-order valence-corrected chi connectivity index (χ0v) is 19.7. The van der Waals surface area contributed by atoms with Crippen LogP contribution in [0.2, 0.25) is 0 Å². The number of carboxylic acids is 1. The number of carbonyl (C=O) groups is 2. The number of piperidine rings is 1. The van der Waals surface area contributed by atoms with Gasteiger partial charge in [-0.05, 0) is 73.1 Å². The van der Waals surface area contributed by atoms with E-state index in [9.17, 15) is 14.7 Å². The van der Waals surface area contributed by atoms with Gasteiger partial charge >= 0.3 is 5.97 Å². The van der Waals surface area contributed by atoms with E-state index in [2.05, 4.69) is 9.88 Å². The fourth-order valence-electron chi connectivity index (χ4n) is 5.44. The van der Waals surface area contributed by atoms with E-state index in [1.807, 2.05) is 24.3 Å². The molecule has 3 aliphatic rings. The van der Waals surface area contributed by atoms with Crippen molar-refractivity contribution in [1.29, 1.82) is 0 Å². The first kappa shape index (κ1) is 22.7. The molecule has 1 saturated heterocycles. The molecule has 0 radical (unpaired) electrons. The Kier molecular flexibility index (Phi) is 6.44. The molecule has 7 nitrogen and oxygen atoms in total. The minimum Gasteiger partial charge on any atom is -0.497 e. The van der Waals surface area contributed by atoms with Gasteiger partial charge in [0.25, 0.3) is 0 Å². The number of nitrogens with zero attached hydrogens (tertiary/aromatic N) is 2. The highest BCUT2D eigenvalue weighted by Gasteiger charge is 2.34. The molecule has 1 unspecified atom stereocenters. The molecule has 5 rings (SSSR count). The Labute approximate surface area is 200 Å². The van der Waals surface area contributed by atoms with E-state index < -0.39 is 5.97 Å². The summed E-state index contributed by atoms with van der Waals surface area (Å²) in [5.74, 6) is 1.77. The monoisotopic (exact) mass is 464 g/mol. The van der Waals surface area contributed by atoms with Crippen molar-refractivity contribution in [3.05, 3.63) is 47.2 Å². The van der Waals surface area contributed by atoms with Gasteiger partial charge in [0.1, 0.15) is 5.75 Å². The number of carbonyl (C=O) groups excluding carboxylic acids is 1. The first-order chi connectivity index (χ1) is 16.5. The number of ketones is 1. The molecule has 1 atom stereocenters. The number of methoxy groups -OCH3 is 1. The van der Waals surface area contributed by atoms with Crippen molar-refractivity contribution in [2.24, 2.45) is 11.8 Å². The molecule has 1 aromatic carbocycles. The quantitative estimate of drug-likeness (QED) is 0.585. The topological polar surface area (TPSA) is 89.0 Å². The van der Waals surface area contributed by atoms with Crippen LogP contribution in [0.25, 0.3) is 0 Å². The molecule has 1 N–H and O–H groups in total. The van der Waals surface area contributed by atoms with E-state index in [1.54, 1.807) is 13.3 Å². The maximum absolute atomic E-state index is 12.5. The smallest absolute Gasteiger partial charge is 0.303 e. The van der Waals surface area contributed by atoms with Gasteiger partial charge in [0.2, 0.25) is 5.88 Å². The Bertz CT molecular complexity index is 1070. The van der Waals surface area contributed by atoms with Gasteiger partial charge in [-0.25, -0.2) is 4.98 Å². The lowest BCUT2D eigenvalue weighted by Gasteiger charge is -2.34. The van der Waals surface area contributed by atoms with Crippen LogP contribution in [0.3, 0.4) is 0 Å². The molecule has 2 heterocycles. The molecule has 2 aromatic rings. The number of ether oxygens (including phenoxy) is 2. The predicted octanol–water partition coefficient (Wildman–Crippen LogP) is 4.48. The number of fused-ring (bicyclic) bond motifs is 1. The van der Waals surface area contributed by atoms with Crippen LogP contribution < -0.4 is 14.4 Å². The van der Waals surface area contributed by atoms with Crippen molar-refractivity contribution < 1.29 is 24.2 Å². The number of carboxylic acid groups (broad SMARTS) is 1. The van der Waals surface area contributed by atoms with Crippen LogP contribution >= 0.6 is 0 Å². The molecule has 34 heavy (non-hydrogen) atoms. The second kappa shape index (κ2) is 9.65. The molecule has 2 fully saturated rings. The number of Topliss-reactive ketones (excluding diaryl/α,β-unsaturated/α-hetero) is 1. The van der Waals surface area contributed by atoms with Crippen molar-refractivity contribution in [1.82, 2.24) is 4.98 Å². The highest BCUT2D eigenvalue weighted by molar-refractivity contribution is 6.05. The maximum atomic E-state index is 12.5. The maximum Gasteiger partial charge on any atom is 0.303 e. The number of aryl methyl sites for hydroxylation is 1. The average Bonchev–Trinajstić information content (AvgIpc) is 3.63. The third kappa shape index (κ3) is 4.88. The first-order valence-corrected chi connectivity index (χ1v) is 12.3. The minimum atomic E-state index is -0.758. The molecular formula is C27H32N2O5. The van der Waals surface area contributed by atoms with Crippen molar-refractivity contribution >= 4 is 17.4 Å². The number of rotatable bonds is 9. The van der Waals surface area contributed by atoms with E-state index in [4.69, 9.17) is 9.47 Å². The van der Waals surface area contributed by atoms with Gasteiger partial charge in [-0.15, -0.1) is 0 Å². The van der Waals surface area contributed by atoms with Gasteiger partial charge in [-0.1, -0.05) is 0 Å². The van der Waals surface area contributed by atoms with Gasteiger partial charge in [-0.2, -0.15) is 0 Å². The van der Waals surface area contributed by atoms with Crippen molar-refractivity contribution in [2.75, 3.05) is 31.7 Å². The molecule has 1 aromatic heterocycles. The Morgan fingerprint density at radius 3 is 2.68 bits per heavy atom. The number of aromatic nitrogens is 1. The largest absolute Gasteiger partial charge is 0.497 e. The predicted molar refractivity (Wildman–Crippen MR) is 128 cm³/mol. The molecule has 0 spiro atoms. The highest BCUT2D eigenvalue weighted by atomic mass is 16.5. The van der Waals surface area contributed by atoms with Crippen LogP contribution in [-0.2, 0) is 11.2 Å².